The predicted octanol–water partition coefficient (Wildman–Crippen LogP) is 5.37. The van der Waals surface area contributed by atoms with Crippen LogP contribution < -0.4 is 13.8 Å². The maximum Gasteiger partial charge on any atom is 0.344 e. The van der Waals surface area contributed by atoms with Crippen molar-refractivity contribution in [1.29, 1.82) is 0 Å². The van der Waals surface area contributed by atoms with E-state index in [0.717, 1.165) is 60.4 Å². The Hall–Kier alpha value is -4.49. The lowest BCUT2D eigenvalue weighted by Gasteiger charge is -2.08. The third kappa shape index (κ3) is 5.28. The molecule has 5 heterocycles. The molecule has 0 saturated heterocycles. The highest BCUT2D eigenvalue weighted by Crippen LogP contribution is 2.26. The Balaban J connectivity index is 1.52. The van der Waals surface area contributed by atoms with Gasteiger partial charge in [0.2, 0.25) is 0 Å². The molecule has 0 fully saturated rings. The molecule has 7 heteroatoms. The molecule has 0 spiro atoms. The van der Waals surface area contributed by atoms with Crippen molar-refractivity contribution in [2.75, 3.05) is 13.2 Å². The number of esters is 1. The summed E-state index contributed by atoms with van der Waals surface area (Å²) in [6.07, 6.45) is 13.5. The largest absolute Gasteiger partial charge is 0.482 e. The van der Waals surface area contributed by atoms with Crippen LogP contribution in [0.3, 0.4) is 0 Å². The first-order chi connectivity index (χ1) is 18.6. The van der Waals surface area contributed by atoms with Crippen LogP contribution in [0, 0.1) is 0 Å². The monoisotopic (exact) mass is 519 g/mol. The molecule has 3 aromatic rings. The fourth-order valence-corrected chi connectivity index (χ4v) is 5.55. The fourth-order valence-electron chi connectivity index (χ4n) is 4.43. The number of carbonyl (C=O) groups is 1. The van der Waals surface area contributed by atoms with E-state index in [0.29, 0.717) is 12.4 Å². The average Bonchev–Trinajstić information content (AvgIpc) is 3.67. The minimum absolute atomic E-state index is 0.117. The van der Waals surface area contributed by atoms with Gasteiger partial charge in [0.05, 0.1) is 29.4 Å². The lowest BCUT2D eigenvalue weighted by Crippen LogP contribution is -2.14. The van der Waals surface area contributed by atoms with E-state index in [4.69, 9.17) is 19.4 Å². The number of aromatic nitrogens is 3. The van der Waals surface area contributed by atoms with E-state index in [1.54, 1.807) is 18.3 Å². The zero-order valence-corrected chi connectivity index (χ0v) is 21.6. The molecule has 8 bridgehead atoms. The van der Waals surface area contributed by atoms with Gasteiger partial charge < -0.3 is 14.5 Å². The van der Waals surface area contributed by atoms with Gasteiger partial charge in [-0.05, 0) is 85.7 Å². The van der Waals surface area contributed by atoms with Crippen molar-refractivity contribution >= 4 is 64.8 Å². The van der Waals surface area contributed by atoms with Gasteiger partial charge in [-0.1, -0.05) is 24.3 Å². The van der Waals surface area contributed by atoms with Crippen molar-refractivity contribution in [2.24, 2.45) is 0 Å². The highest BCUT2D eigenvalue weighted by Gasteiger charge is 2.11. The lowest BCUT2D eigenvalue weighted by atomic mass is 10.0. The second-order valence-electron chi connectivity index (χ2n) is 8.86. The molecule has 0 radical (unpaired) electrons. The summed E-state index contributed by atoms with van der Waals surface area (Å²) in [6, 6.07) is 18.1. The third-order valence-corrected chi connectivity index (χ3v) is 7.24. The number of H-pyrrole nitrogens is 1. The minimum atomic E-state index is -0.383. The Morgan fingerprint density at radius 3 is 2.37 bits per heavy atom. The highest BCUT2D eigenvalue weighted by atomic mass is 32.1. The smallest absolute Gasteiger partial charge is 0.344 e. The molecule has 0 aliphatic carbocycles. The van der Waals surface area contributed by atoms with E-state index in [1.165, 1.54) is 0 Å². The summed E-state index contributed by atoms with van der Waals surface area (Å²) in [5, 5.41) is 0. The normalized spacial score (nSPS) is 12.8. The third-order valence-electron chi connectivity index (χ3n) is 6.13. The van der Waals surface area contributed by atoms with Gasteiger partial charge in [0.1, 0.15) is 5.75 Å². The van der Waals surface area contributed by atoms with Crippen LogP contribution in [0.2, 0.25) is 0 Å². The van der Waals surface area contributed by atoms with Crippen molar-refractivity contribution < 1.29 is 14.3 Å². The first-order valence-electron chi connectivity index (χ1n) is 12.5. The molecule has 0 saturated carbocycles. The number of hydrogen-bond donors (Lipinski definition) is 1. The molecular weight excluding hydrogens is 494 g/mol. The summed E-state index contributed by atoms with van der Waals surface area (Å²) in [5.41, 5.74) is 7.67. The summed E-state index contributed by atoms with van der Waals surface area (Å²) >= 11 is 1.72. The lowest BCUT2D eigenvalue weighted by molar-refractivity contribution is -0.145. The summed E-state index contributed by atoms with van der Waals surface area (Å²) in [6.45, 7) is 1.99. The van der Waals surface area contributed by atoms with Crippen LogP contribution in [0.5, 0.6) is 5.75 Å². The van der Waals surface area contributed by atoms with Gasteiger partial charge in [0.15, 0.2) is 6.61 Å². The van der Waals surface area contributed by atoms with E-state index >= 15 is 0 Å². The van der Waals surface area contributed by atoms with Crippen molar-refractivity contribution in [3.63, 3.8) is 0 Å². The highest BCUT2D eigenvalue weighted by molar-refractivity contribution is 7.07. The van der Waals surface area contributed by atoms with Gasteiger partial charge in [0, 0.05) is 25.7 Å². The summed E-state index contributed by atoms with van der Waals surface area (Å²) in [7, 11) is 0. The quantitative estimate of drug-likeness (QED) is 0.316. The second kappa shape index (κ2) is 10.5. The molecule has 0 atom stereocenters. The molecule has 188 valence electrons. The predicted molar refractivity (Wildman–Crippen MR) is 154 cm³/mol. The van der Waals surface area contributed by atoms with Crippen molar-refractivity contribution in [2.45, 2.75) is 13.3 Å². The number of carbonyl (C=O) groups excluding carboxylic acids is 1. The molecular formula is C31H25N3O3S. The van der Waals surface area contributed by atoms with Crippen LogP contribution in [-0.2, 0) is 9.53 Å². The Morgan fingerprint density at radius 2 is 1.61 bits per heavy atom. The molecule has 1 N–H and O–H groups in total. The number of nitrogens with one attached hydrogen (secondary N) is 1. The zero-order valence-electron chi connectivity index (χ0n) is 20.8. The van der Waals surface area contributed by atoms with E-state index in [1.807, 2.05) is 66.8 Å². The molecule has 38 heavy (non-hydrogen) atoms. The van der Waals surface area contributed by atoms with Gasteiger partial charge in [-0.3, -0.25) is 0 Å². The summed E-state index contributed by atoms with van der Waals surface area (Å²) in [4.78, 5) is 24.9. The molecule has 0 unspecified atom stereocenters. The Kier molecular flexibility index (Phi) is 6.58. The molecule has 6 rings (SSSR count). The van der Waals surface area contributed by atoms with E-state index in [9.17, 15) is 4.79 Å². The van der Waals surface area contributed by atoms with E-state index in [-0.39, 0.29) is 12.6 Å². The first-order valence-corrected chi connectivity index (χ1v) is 13.3. The number of nitrogens with zero attached hydrogens (tertiary/aromatic N) is 2. The maximum absolute atomic E-state index is 11.7. The van der Waals surface area contributed by atoms with Crippen LogP contribution in [-0.4, -0.2) is 34.1 Å². The van der Waals surface area contributed by atoms with Crippen molar-refractivity contribution in [3.05, 3.63) is 86.4 Å². The average molecular weight is 520 g/mol. The molecule has 1 aromatic carbocycles. The second-order valence-corrected chi connectivity index (χ2v) is 9.97. The number of hydrogen-bond acceptors (Lipinski definition) is 6. The van der Waals surface area contributed by atoms with Gasteiger partial charge in [-0.2, -0.15) is 0 Å². The van der Waals surface area contributed by atoms with Gasteiger partial charge >= 0.3 is 5.97 Å². The number of benzene rings is 1. The standard InChI is InChI=1S/C31H25N3O3S/c1-2-36-30(35)19-37-26-13-6-20(7-14-26)31-28-15-12-24(34-28)17-23-9-8-21(32-23)16-22-10-11-25(33-22)18-27-4-3-5-29(31)38-27/h4-18,32H,2-3,19H2,1H3. The van der Waals surface area contributed by atoms with Crippen LogP contribution >= 0.6 is 11.3 Å². The zero-order chi connectivity index (χ0) is 25.9. The van der Waals surface area contributed by atoms with Crippen LogP contribution in [0.25, 0.3) is 58.6 Å². The molecule has 0 amide bonds. The Labute approximate surface area is 223 Å². The summed E-state index contributed by atoms with van der Waals surface area (Å²) in [5.74, 6) is 0.225. The Morgan fingerprint density at radius 1 is 0.895 bits per heavy atom. The molecule has 3 aliphatic rings. The van der Waals surface area contributed by atoms with Crippen molar-refractivity contribution in [1.82, 2.24) is 15.0 Å². The molecule has 2 aromatic heterocycles. The number of ether oxygens (including phenoxy) is 2. The topological polar surface area (TPSA) is 77.1 Å². The first kappa shape index (κ1) is 23.9. The maximum atomic E-state index is 11.7. The molecule has 6 nitrogen and oxygen atoms in total. The van der Waals surface area contributed by atoms with E-state index < -0.39 is 0 Å². The van der Waals surface area contributed by atoms with Gasteiger partial charge in [0.25, 0.3) is 0 Å². The van der Waals surface area contributed by atoms with Gasteiger partial charge in [-0.25, -0.2) is 14.8 Å². The van der Waals surface area contributed by atoms with Gasteiger partial charge in [-0.15, -0.1) is 11.3 Å². The number of aromatic amines is 1. The van der Waals surface area contributed by atoms with E-state index in [2.05, 4.69) is 29.3 Å². The minimum Gasteiger partial charge on any atom is -0.482 e. The number of rotatable bonds is 5. The van der Waals surface area contributed by atoms with Crippen molar-refractivity contribution in [3.8, 4) is 16.9 Å². The molecule has 3 aliphatic heterocycles. The van der Waals surface area contributed by atoms with Crippen LogP contribution in [0.1, 0.15) is 36.1 Å². The summed E-state index contributed by atoms with van der Waals surface area (Å²) < 4.78 is 12.8. The van der Waals surface area contributed by atoms with Crippen LogP contribution in [0.15, 0.2) is 54.6 Å². The Bertz CT molecular complexity index is 1780. The number of fused-ring (bicyclic) bond motifs is 8. The SMILES string of the molecule is CCOC(=O)COc1ccc(-c2c3nc(cc4ccc(cc5nc(cc6sc2=CCC=6)C=C5)[nH]4)C=C3)cc1. The van der Waals surface area contributed by atoms with Crippen LogP contribution in [0.4, 0.5) is 0 Å². The fraction of sp³-hybridized carbons (Fsp3) is 0.129.